The molecule has 3 aromatic rings. The second kappa shape index (κ2) is 11.3. The summed E-state index contributed by atoms with van der Waals surface area (Å²) in [5, 5.41) is 12.1. The second-order valence-corrected chi connectivity index (χ2v) is 7.11. The van der Waals surface area contributed by atoms with E-state index >= 15 is 0 Å². The minimum absolute atomic E-state index is 0.0491. The van der Waals surface area contributed by atoms with Crippen molar-refractivity contribution in [3.8, 4) is 17.4 Å². The van der Waals surface area contributed by atoms with Crippen LogP contribution in [0.1, 0.15) is 41.4 Å². The summed E-state index contributed by atoms with van der Waals surface area (Å²) in [5.74, 6) is 0.118. The van der Waals surface area contributed by atoms with Gasteiger partial charge in [-0.3, -0.25) is 4.79 Å². The van der Waals surface area contributed by atoms with Crippen LogP contribution in [0, 0.1) is 11.3 Å². The van der Waals surface area contributed by atoms with Crippen molar-refractivity contribution >= 4 is 18.0 Å². The van der Waals surface area contributed by atoms with Crippen molar-refractivity contribution in [3.05, 3.63) is 89.2 Å². The maximum atomic E-state index is 12.3. The molecule has 0 saturated carbocycles. The average Bonchev–Trinajstić information content (AvgIpc) is 3.30. The molecule has 0 fully saturated rings. The van der Waals surface area contributed by atoms with Gasteiger partial charge in [0.25, 0.3) is 5.91 Å². The summed E-state index contributed by atoms with van der Waals surface area (Å²) in [6.45, 7) is 2.77. The van der Waals surface area contributed by atoms with E-state index in [1.165, 1.54) is 6.08 Å². The number of rotatable bonds is 9. The van der Waals surface area contributed by atoms with E-state index in [4.69, 9.17) is 9.15 Å². The maximum Gasteiger partial charge on any atom is 0.338 e. The fraction of sp³-hybridized carbons (Fsp3) is 0.192. The van der Waals surface area contributed by atoms with Crippen LogP contribution in [0.4, 0.5) is 0 Å². The molecule has 3 rings (SSSR count). The van der Waals surface area contributed by atoms with Gasteiger partial charge in [0.1, 0.15) is 23.2 Å². The molecule has 6 nitrogen and oxygen atoms in total. The van der Waals surface area contributed by atoms with Gasteiger partial charge >= 0.3 is 5.97 Å². The molecule has 0 atom stereocenters. The highest BCUT2D eigenvalue weighted by atomic mass is 16.5. The number of carbonyl (C=O) groups excluding carboxylic acids is 2. The molecule has 1 aromatic heterocycles. The topological polar surface area (TPSA) is 92.3 Å². The lowest BCUT2D eigenvalue weighted by atomic mass is 10.1. The molecule has 0 aliphatic heterocycles. The molecule has 0 aliphatic rings. The first-order valence-electron chi connectivity index (χ1n) is 10.4. The molecule has 162 valence electrons. The van der Waals surface area contributed by atoms with Gasteiger partial charge in [-0.05, 0) is 36.2 Å². The van der Waals surface area contributed by atoms with E-state index in [9.17, 15) is 14.9 Å². The highest BCUT2D eigenvalue weighted by Gasteiger charge is 2.12. The molecular weight excluding hydrogens is 404 g/mol. The Kier molecular flexibility index (Phi) is 7.99. The van der Waals surface area contributed by atoms with Gasteiger partial charge in [-0.15, -0.1) is 0 Å². The van der Waals surface area contributed by atoms with Gasteiger partial charge in [0, 0.05) is 18.2 Å². The van der Waals surface area contributed by atoms with Crippen LogP contribution in [0.2, 0.25) is 0 Å². The van der Waals surface area contributed by atoms with Crippen molar-refractivity contribution in [2.75, 3.05) is 6.61 Å². The van der Waals surface area contributed by atoms with Crippen molar-refractivity contribution in [2.24, 2.45) is 0 Å². The number of esters is 1. The van der Waals surface area contributed by atoms with Gasteiger partial charge in [-0.2, -0.15) is 5.26 Å². The van der Waals surface area contributed by atoms with Gasteiger partial charge in [-0.1, -0.05) is 55.8 Å². The zero-order valence-corrected chi connectivity index (χ0v) is 17.8. The number of carbonyl (C=O) groups is 2. The number of nitriles is 1. The zero-order valence-electron chi connectivity index (χ0n) is 17.8. The summed E-state index contributed by atoms with van der Waals surface area (Å²) in [6, 6.07) is 21.7. The lowest BCUT2D eigenvalue weighted by molar-refractivity contribution is -0.117. The molecular formula is C26H24N2O4. The Labute approximate surface area is 187 Å². The van der Waals surface area contributed by atoms with Crippen LogP contribution in [0.5, 0.6) is 0 Å². The highest BCUT2D eigenvalue weighted by molar-refractivity contribution is 6.01. The molecule has 1 amide bonds. The van der Waals surface area contributed by atoms with Gasteiger partial charge in [0.05, 0.1) is 12.2 Å². The Morgan fingerprint density at radius 1 is 1.06 bits per heavy atom. The third-order valence-electron chi connectivity index (χ3n) is 4.71. The van der Waals surface area contributed by atoms with Crippen molar-refractivity contribution in [3.63, 3.8) is 0 Å². The van der Waals surface area contributed by atoms with E-state index in [0.717, 1.165) is 24.0 Å². The number of nitrogens with one attached hydrogen (secondary N) is 1. The summed E-state index contributed by atoms with van der Waals surface area (Å²) in [7, 11) is 0. The third-order valence-corrected chi connectivity index (χ3v) is 4.71. The SMILES string of the molecule is CCCCOC(=O)c1ccc(-c2ccc(/C=C(\C#N)C(=O)NCc3ccccc3)o2)cc1. The number of hydrogen-bond acceptors (Lipinski definition) is 5. The number of nitrogens with zero attached hydrogens (tertiary/aromatic N) is 1. The third kappa shape index (κ3) is 6.19. The van der Waals surface area contributed by atoms with E-state index in [1.54, 1.807) is 36.4 Å². The summed E-state index contributed by atoms with van der Waals surface area (Å²) in [5.41, 5.74) is 2.13. The van der Waals surface area contributed by atoms with E-state index in [-0.39, 0.29) is 11.5 Å². The second-order valence-electron chi connectivity index (χ2n) is 7.11. The molecule has 0 unspecified atom stereocenters. The maximum absolute atomic E-state index is 12.3. The molecule has 0 aliphatic carbocycles. The Hall–Kier alpha value is -4.11. The quantitative estimate of drug-likeness (QED) is 0.221. The van der Waals surface area contributed by atoms with Crippen LogP contribution < -0.4 is 5.32 Å². The van der Waals surface area contributed by atoms with E-state index in [0.29, 0.717) is 30.2 Å². The van der Waals surface area contributed by atoms with Crippen LogP contribution in [-0.4, -0.2) is 18.5 Å². The smallest absolute Gasteiger partial charge is 0.338 e. The molecule has 0 radical (unpaired) electrons. The standard InChI is InChI=1S/C26H24N2O4/c1-2-3-15-31-26(30)21-11-9-20(10-12-21)24-14-13-23(32-24)16-22(17-27)25(29)28-18-19-7-5-4-6-8-19/h4-14,16H,2-3,15,18H2,1H3,(H,28,29)/b22-16+. The molecule has 0 saturated heterocycles. The van der Waals surface area contributed by atoms with Crippen molar-refractivity contribution in [2.45, 2.75) is 26.3 Å². The minimum Gasteiger partial charge on any atom is -0.462 e. The predicted octanol–water partition coefficient (Wildman–Crippen LogP) is 5.13. The van der Waals surface area contributed by atoms with E-state index < -0.39 is 5.91 Å². The van der Waals surface area contributed by atoms with Crippen LogP contribution in [0.3, 0.4) is 0 Å². The summed E-state index contributed by atoms with van der Waals surface area (Å²) in [4.78, 5) is 24.3. The first kappa shape index (κ1) is 22.6. The number of hydrogen-bond donors (Lipinski definition) is 1. The lowest BCUT2D eigenvalue weighted by Gasteiger charge is -2.04. The van der Waals surface area contributed by atoms with Gasteiger partial charge in [0.15, 0.2) is 0 Å². The number of ether oxygens (including phenoxy) is 1. The number of furan rings is 1. The Morgan fingerprint density at radius 3 is 2.50 bits per heavy atom. The fourth-order valence-electron chi connectivity index (χ4n) is 2.91. The van der Waals surface area contributed by atoms with Gasteiger partial charge in [0.2, 0.25) is 0 Å². The monoisotopic (exact) mass is 428 g/mol. The molecule has 0 bridgehead atoms. The summed E-state index contributed by atoms with van der Waals surface area (Å²) in [6.07, 6.45) is 3.20. The largest absolute Gasteiger partial charge is 0.462 e. The van der Waals surface area contributed by atoms with E-state index in [2.05, 4.69) is 5.32 Å². The Balaban J connectivity index is 1.64. The first-order valence-corrected chi connectivity index (χ1v) is 10.4. The van der Waals surface area contributed by atoms with Crippen molar-refractivity contribution in [1.82, 2.24) is 5.32 Å². The Bertz CT molecular complexity index is 1120. The molecule has 2 aromatic carbocycles. The minimum atomic E-state index is -0.472. The lowest BCUT2D eigenvalue weighted by Crippen LogP contribution is -2.23. The molecule has 1 N–H and O–H groups in total. The van der Waals surface area contributed by atoms with Crippen molar-refractivity contribution < 1.29 is 18.7 Å². The molecule has 32 heavy (non-hydrogen) atoms. The van der Waals surface area contributed by atoms with Crippen LogP contribution in [0.15, 0.2) is 76.7 Å². The first-order chi connectivity index (χ1) is 15.6. The summed E-state index contributed by atoms with van der Waals surface area (Å²) < 4.78 is 11.0. The zero-order chi connectivity index (χ0) is 22.8. The highest BCUT2D eigenvalue weighted by Crippen LogP contribution is 2.24. The number of amides is 1. The summed E-state index contributed by atoms with van der Waals surface area (Å²) >= 11 is 0. The van der Waals surface area contributed by atoms with Gasteiger partial charge in [-0.25, -0.2) is 4.79 Å². The number of benzene rings is 2. The van der Waals surface area contributed by atoms with Crippen LogP contribution >= 0.6 is 0 Å². The fourth-order valence-corrected chi connectivity index (χ4v) is 2.91. The Morgan fingerprint density at radius 2 is 1.81 bits per heavy atom. The molecule has 0 spiro atoms. The normalized spacial score (nSPS) is 10.9. The molecule has 1 heterocycles. The van der Waals surface area contributed by atoms with Gasteiger partial charge < -0.3 is 14.5 Å². The van der Waals surface area contributed by atoms with E-state index in [1.807, 2.05) is 43.3 Å². The predicted molar refractivity (Wildman–Crippen MR) is 121 cm³/mol. The molecule has 6 heteroatoms. The average molecular weight is 428 g/mol. The van der Waals surface area contributed by atoms with Crippen LogP contribution in [-0.2, 0) is 16.1 Å². The van der Waals surface area contributed by atoms with Crippen molar-refractivity contribution in [1.29, 1.82) is 5.26 Å². The van der Waals surface area contributed by atoms with Crippen LogP contribution in [0.25, 0.3) is 17.4 Å². The number of unbranched alkanes of at least 4 members (excludes halogenated alkanes) is 1.